The number of aliphatic hydroxyl groups is 1. The molecule has 3 aromatic rings. The van der Waals surface area contributed by atoms with Gasteiger partial charge in [-0.1, -0.05) is 48.5 Å². The van der Waals surface area contributed by atoms with Gasteiger partial charge in [0.2, 0.25) is 0 Å². The minimum Gasteiger partial charge on any atom is -0.508 e. The summed E-state index contributed by atoms with van der Waals surface area (Å²) in [5, 5.41) is 29.9. The lowest BCUT2D eigenvalue weighted by Gasteiger charge is -2.36. The molecule has 0 spiro atoms. The Morgan fingerprint density at radius 2 is 1.77 bits per heavy atom. The van der Waals surface area contributed by atoms with Gasteiger partial charge in [-0.3, -0.25) is 0 Å². The quantitative estimate of drug-likeness (QED) is 0.759. The van der Waals surface area contributed by atoms with E-state index in [1.807, 2.05) is 48.5 Å². The SMILES string of the molecule is Oc1ccccc1C1N(c2ccnnc2)CCC1(O)Cc1ccccc1. The van der Waals surface area contributed by atoms with E-state index < -0.39 is 5.60 Å². The zero-order chi connectivity index (χ0) is 18.0. The Hall–Kier alpha value is -2.92. The molecule has 132 valence electrons. The maximum atomic E-state index is 11.6. The van der Waals surface area contributed by atoms with E-state index in [2.05, 4.69) is 15.1 Å². The van der Waals surface area contributed by atoms with Gasteiger partial charge >= 0.3 is 0 Å². The highest BCUT2D eigenvalue weighted by Crippen LogP contribution is 2.46. The van der Waals surface area contributed by atoms with Crippen LogP contribution in [0, 0.1) is 0 Å². The number of phenolic OH excluding ortho intramolecular Hbond substituents is 1. The highest BCUT2D eigenvalue weighted by molar-refractivity contribution is 5.52. The van der Waals surface area contributed by atoms with Crippen molar-refractivity contribution in [1.29, 1.82) is 0 Å². The highest BCUT2D eigenvalue weighted by atomic mass is 16.3. The molecule has 2 heterocycles. The molecule has 1 fully saturated rings. The Morgan fingerprint density at radius 1 is 1.00 bits per heavy atom. The van der Waals surface area contributed by atoms with E-state index in [1.165, 1.54) is 0 Å². The van der Waals surface area contributed by atoms with Crippen molar-refractivity contribution in [1.82, 2.24) is 10.2 Å². The average molecular weight is 347 g/mol. The van der Waals surface area contributed by atoms with Crippen LogP contribution in [0.5, 0.6) is 5.75 Å². The lowest BCUT2D eigenvalue weighted by Crippen LogP contribution is -2.39. The molecule has 0 saturated carbocycles. The van der Waals surface area contributed by atoms with Crippen LogP contribution in [-0.2, 0) is 6.42 Å². The van der Waals surface area contributed by atoms with Crippen molar-refractivity contribution in [2.45, 2.75) is 24.5 Å². The standard InChI is InChI=1S/C21H21N3O2/c25-19-9-5-4-8-18(19)20-21(26,14-16-6-2-1-3-7-16)11-13-24(20)17-10-12-22-23-15-17/h1-10,12,15,20,25-26H,11,13-14H2. The molecule has 1 aliphatic rings. The Morgan fingerprint density at radius 3 is 2.50 bits per heavy atom. The fourth-order valence-corrected chi connectivity index (χ4v) is 3.91. The summed E-state index contributed by atoms with van der Waals surface area (Å²) < 4.78 is 0. The number of nitrogens with zero attached hydrogens (tertiary/aromatic N) is 3. The molecule has 1 aromatic heterocycles. The van der Waals surface area contributed by atoms with Crippen molar-refractivity contribution in [2.75, 3.05) is 11.4 Å². The van der Waals surface area contributed by atoms with Crippen LogP contribution in [0.3, 0.4) is 0 Å². The van der Waals surface area contributed by atoms with E-state index >= 15 is 0 Å². The van der Waals surface area contributed by atoms with Crippen LogP contribution in [0.2, 0.25) is 0 Å². The van der Waals surface area contributed by atoms with E-state index in [0.29, 0.717) is 19.4 Å². The molecule has 4 rings (SSSR count). The van der Waals surface area contributed by atoms with Crippen LogP contribution in [-0.4, -0.2) is 32.6 Å². The van der Waals surface area contributed by atoms with Gasteiger partial charge < -0.3 is 15.1 Å². The fraction of sp³-hybridized carbons (Fsp3) is 0.238. The number of aromatic hydroxyl groups is 1. The maximum Gasteiger partial charge on any atom is 0.120 e. The van der Waals surface area contributed by atoms with Gasteiger partial charge in [0.1, 0.15) is 5.75 Å². The van der Waals surface area contributed by atoms with Crippen LogP contribution < -0.4 is 4.90 Å². The summed E-state index contributed by atoms with van der Waals surface area (Å²) in [6.45, 7) is 0.675. The predicted octanol–water partition coefficient (Wildman–Crippen LogP) is 3.11. The molecular weight excluding hydrogens is 326 g/mol. The second kappa shape index (κ2) is 6.77. The van der Waals surface area contributed by atoms with Crippen molar-refractivity contribution < 1.29 is 10.2 Å². The van der Waals surface area contributed by atoms with E-state index in [1.54, 1.807) is 24.5 Å². The van der Waals surface area contributed by atoms with Crippen LogP contribution in [0.1, 0.15) is 23.6 Å². The zero-order valence-corrected chi connectivity index (χ0v) is 14.4. The van der Waals surface area contributed by atoms with E-state index in [4.69, 9.17) is 0 Å². The van der Waals surface area contributed by atoms with Gasteiger partial charge in [-0.15, -0.1) is 0 Å². The third-order valence-electron chi connectivity index (χ3n) is 5.09. The summed E-state index contributed by atoms with van der Waals surface area (Å²) in [6, 6.07) is 18.7. The van der Waals surface area contributed by atoms with Crippen molar-refractivity contribution in [3.05, 3.63) is 84.2 Å². The minimum atomic E-state index is -0.997. The molecule has 0 aliphatic carbocycles. The molecule has 0 radical (unpaired) electrons. The van der Waals surface area contributed by atoms with Crippen LogP contribution in [0.4, 0.5) is 5.69 Å². The van der Waals surface area contributed by atoms with Crippen molar-refractivity contribution >= 4 is 5.69 Å². The number of benzene rings is 2. The fourth-order valence-electron chi connectivity index (χ4n) is 3.91. The lowest BCUT2D eigenvalue weighted by molar-refractivity contribution is 0.0308. The lowest BCUT2D eigenvalue weighted by atomic mass is 9.83. The maximum absolute atomic E-state index is 11.6. The molecule has 2 N–H and O–H groups in total. The summed E-state index contributed by atoms with van der Waals surface area (Å²) in [4.78, 5) is 2.10. The first kappa shape index (κ1) is 16.5. The molecule has 2 unspecified atom stereocenters. The summed E-state index contributed by atoms with van der Waals surface area (Å²) in [7, 11) is 0. The molecule has 2 atom stereocenters. The minimum absolute atomic E-state index is 0.193. The summed E-state index contributed by atoms with van der Waals surface area (Å²) in [6.07, 6.45) is 4.46. The largest absolute Gasteiger partial charge is 0.508 e. The van der Waals surface area contributed by atoms with Gasteiger partial charge in [-0.2, -0.15) is 10.2 Å². The highest BCUT2D eigenvalue weighted by Gasteiger charge is 2.48. The number of phenols is 1. The predicted molar refractivity (Wildman–Crippen MR) is 99.9 cm³/mol. The first-order valence-corrected chi connectivity index (χ1v) is 8.75. The van der Waals surface area contributed by atoms with Gasteiger partial charge in [0.15, 0.2) is 0 Å². The van der Waals surface area contributed by atoms with Gasteiger partial charge in [-0.25, -0.2) is 0 Å². The number of aromatic nitrogens is 2. The summed E-state index contributed by atoms with van der Waals surface area (Å²) in [5.74, 6) is 0.193. The van der Waals surface area contributed by atoms with Crippen molar-refractivity contribution in [3.8, 4) is 5.75 Å². The second-order valence-corrected chi connectivity index (χ2v) is 6.77. The third kappa shape index (κ3) is 3.02. The topological polar surface area (TPSA) is 69.5 Å². The molecule has 1 saturated heterocycles. The van der Waals surface area contributed by atoms with Gasteiger partial charge in [-0.05, 0) is 24.1 Å². The monoisotopic (exact) mass is 347 g/mol. The molecular formula is C21H21N3O2. The Labute approximate surface area is 152 Å². The Kier molecular flexibility index (Phi) is 4.31. The van der Waals surface area contributed by atoms with Crippen molar-refractivity contribution in [3.63, 3.8) is 0 Å². The second-order valence-electron chi connectivity index (χ2n) is 6.77. The number of hydrogen-bond donors (Lipinski definition) is 2. The molecule has 26 heavy (non-hydrogen) atoms. The molecule has 0 bridgehead atoms. The smallest absolute Gasteiger partial charge is 0.120 e. The number of para-hydroxylation sites is 1. The van der Waals surface area contributed by atoms with Crippen LogP contribution in [0.15, 0.2) is 73.1 Å². The number of hydrogen-bond acceptors (Lipinski definition) is 5. The van der Waals surface area contributed by atoms with Crippen LogP contribution >= 0.6 is 0 Å². The average Bonchev–Trinajstić information content (AvgIpc) is 3.00. The third-order valence-corrected chi connectivity index (χ3v) is 5.09. The Balaban J connectivity index is 1.77. The first-order chi connectivity index (χ1) is 12.7. The number of anilines is 1. The van der Waals surface area contributed by atoms with Gasteiger partial charge in [0.05, 0.1) is 29.7 Å². The van der Waals surface area contributed by atoms with E-state index in [9.17, 15) is 10.2 Å². The zero-order valence-electron chi connectivity index (χ0n) is 14.4. The molecule has 5 heteroatoms. The normalized spacial score (nSPS) is 22.5. The molecule has 5 nitrogen and oxygen atoms in total. The molecule has 0 amide bonds. The summed E-state index contributed by atoms with van der Waals surface area (Å²) >= 11 is 0. The van der Waals surface area contributed by atoms with E-state index in [-0.39, 0.29) is 11.8 Å². The molecule has 1 aliphatic heterocycles. The van der Waals surface area contributed by atoms with E-state index in [0.717, 1.165) is 16.8 Å². The van der Waals surface area contributed by atoms with Gasteiger partial charge in [0, 0.05) is 18.5 Å². The van der Waals surface area contributed by atoms with Crippen LogP contribution in [0.25, 0.3) is 0 Å². The Bertz CT molecular complexity index is 873. The first-order valence-electron chi connectivity index (χ1n) is 8.75. The summed E-state index contributed by atoms with van der Waals surface area (Å²) in [5.41, 5.74) is 1.69. The number of rotatable bonds is 4. The molecule has 2 aromatic carbocycles. The van der Waals surface area contributed by atoms with Crippen molar-refractivity contribution in [2.24, 2.45) is 0 Å². The van der Waals surface area contributed by atoms with Gasteiger partial charge in [0.25, 0.3) is 0 Å².